The van der Waals surface area contributed by atoms with Crippen molar-refractivity contribution in [1.29, 1.82) is 0 Å². The average Bonchev–Trinajstić information content (AvgIpc) is 3.40. The predicted octanol–water partition coefficient (Wildman–Crippen LogP) is 2.07. The molecule has 0 saturated heterocycles. The van der Waals surface area contributed by atoms with Crippen molar-refractivity contribution < 1.29 is 9.53 Å². The van der Waals surface area contributed by atoms with Crippen LogP contribution in [-0.2, 0) is 22.6 Å². The summed E-state index contributed by atoms with van der Waals surface area (Å²) in [6.07, 6.45) is 9.68. The van der Waals surface area contributed by atoms with E-state index in [4.69, 9.17) is 4.74 Å². The molecule has 0 N–H and O–H groups in total. The smallest absolute Gasteiger partial charge is 0.223 e. The third-order valence-corrected chi connectivity index (χ3v) is 4.98. The second-order valence-electron chi connectivity index (χ2n) is 7.26. The monoisotopic (exact) mass is 303 g/mol. The molecule has 0 spiro atoms. The molecule has 2 aliphatic carbocycles. The molecule has 0 aromatic carbocycles. The van der Waals surface area contributed by atoms with Crippen molar-refractivity contribution >= 4 is 5.91 Å². The molecule has 3 aliphatic rings. The molecule has 5 nitrogen and oxygen atoms in total. The van der Waals surface area contributed by atoms with Crippen LogP contribution in [0.5, 0.6) is 0 Å². The quantitative estimate of drug-likeness (QED) is 0.808. The molecular weight excluding hydrogens is 278 g/mol. The number of rotatable bonds is 6. The van der Waals surface area contributed by atoms with Gasteiger partial charge in [0.1, 0.15) is 5.82 Å². The number of fused-ring (bicyclic) bond motifs is 1. The fraction of sp³-hybridized carbons (Fsp3) is 0.765. The molecule has 5 heteroatoms. The van der Waals surface area contributed by atoms with Gasteiger partial charge in [0.05, 0.1) is 13.2 Å². The number of carbonyl (C=O) groups excluding carboxylic acids is 1. The lowest BCUT2D eigenvalue weighted by atomic mass is 10.1. The Morgan fingerprint density at radius 3 is 2.68 bits per heavy atom. The molecule has 1 aromatic heterocycles. The Balaban J connectivity index is 1.40. The summed E-state index contributed by atoms with van der Waals surface area (Å²) in [7, 11) is 0. The Morgan fingerprint density at radius 1 is 1.14 bits per heavy atom. The first-order valence-corrected chi connectivity index (χ1v) is 8.63. The summed E-state index contributed by atoms with van der Waals surface area (Å²) in [5.74, 6) is 3.11. The van der Waals surface area contributed by atoms with Crippen molar-refractivity contribution in [2.24, 2.45) is 17.8 Å². The maximum Gasteiger partial charge on any atom is 0.223 e. The number of nitrogens with zero attached hydrogens (tertiary/aromatic N) is 3. The van der Waals surface area contributed by atoms with Crippen LogP contribution in [0.1, 0.15) is 37.9 Å². The highest BCUT2D eigenvalue weighted by atomic mass is 16.5. The van der Waals surface area contributed by atoms with E-state index >= 15 is 0 Å². The molecule has 1 unspecified atom stereocenters. The Morgan fingerprint density at radius 2 is 1.91 bits per heavy atom. The Hall–Kier alpha value is -1.36. The van der Waals surface area contributed by atoms with Gasteiger partial charge in [-0.1, -0.05) is 0 Å². The van der Waals surface area contributed by atoms with Crippen LogP contribution in [0.25, 0.3) is 0 Å². The minimum Gasteiger partial charge on any atom is -0.381 e. The van der Waals surface area contributed by atoms with Gasteiger partial charge < -0.3 is 14.2 Å². The molecule has 0 radical (unpaired) electrons. The molecule has 1 amide bonds. The van der Waals surface area contributed by atoms with E-state index in [1.54, 1.807) is 0 Å². The fourth-order valence-corrected chi connectivity index (χ4v) is 3.22. The highest BCUT2D eigenvalue weighted by molar-refractivity contribution is 5.76. The highest BCUT2D eigenvalue weighted by Gasteiger charge is 2.31. The zero-order valence-electron chi connectivity index (χ0n) is 13.1. The third-order valence-electron chi connectivity index (χ3n) is 4.98. The maximum atomic E-state index is 12.5. The van der Waals surface area contributed by atoms with Crippen LogP contribution in [0.4, 0.5) is 0 Å². The molecular formula is C17H25N3O2. The van der Waals surface area contributed by atoms with Crippen LogP contribution in [0.15, 0.2) is 12.4 Å². The number of carbonyl (C=O) groups is 1. The van der Waals surface area contributed by atoms with Gasteiger partial charge in [0.25, 0.3) is 0 Å². The van der Waals surface area contributed by atoms with Gasteiger partial charge in [-0.15, -0.1) is 0 Å². The van der Waals surface area contributed by atoms with Crippen molar-refractivity contribution in [1.82, 2.24) is 14.5 Å². The molecule has 2 fully saturated rings. The second-order valence-corrected chi connectivity index (χ2v) is 7.26. The Labute approximate surface area is 131 Å². The van der Waals surface area contributed by atoms with Crippen molar-refractivity contribution in [2.45, 2.75) is 45.2 Å². The van der Waals surface area contributed by atoms with Gasteiger partial charge in [0, 0.05) is 44.4 Å². The number of imidazole rings is 1. The number of amides is 1. The lowest BCUT2D eigenvalue weighted by molar-refractivity contribution is -0.133. The van der Waals surface area contributed by atoms with E-state index in [1.807, 2.05) is 17.3 Å². The molecule has 22 heavy (non-hydrogen) atoms. The maximum absolute atomic E-state index is 12.5. The lowest BCUT2D eigenvalue weighted by Gasteiger charge is -2.24. The number of hydrogen-bond acceptors (Lipinski definition) is 3. The largest absolute Gasteiger partial charge is 0.381 e. The van der Waals surface area contributed by atoms with Gasteiger partial charge in [-0.05, 0) is 37.5 Å². The van der Waals surface area contributed by atoms with Crippen LogP contribution in [-0.4, -0.2) is 40.1 Å². The molecule has 4 rings (SSSR count). The molecule has 1 aliphatic heterocycles. The predicted molar refractivity (Wildman–Crippen MR) is 82.0 cm³/mol. The first kappa shape index (κ1) is 14.2. The molecule has 2 heterocycles. The minimum absolute atomic E-state index is 0.297. The summed E-state index contributed by atoms with van der Waals surface area (Å²) in [6.45, 7) is 4.01. The zero-order chi connectivity index (χ0) is 14.9. The van der Waals surface area contributed by atoms with E-state index < -0.39 is 0 Å². The number of aromatic nitrogens is 2. The van der Waals surface area contributed by atoms with E-state index in [-0.39, 0.29) is 0 Å². The van der Waals surface area contributed by atoms with Crippen molar-refractivity contribution in [3.05, 3.63) is 18.2 Å². The normalized spacial score (nSPS) is 24.9. The van der Waals surface area contributed by atoms with Crippen LogP contribution in [0, 0.1) is 17.8 Å². The summed E-state index contributed by atoms with van der Waals surface area (Å²) in [5.41, 5.74) is 0. The summed E-state index contributed by atoms with van der Waals surface area (Å²) in [5, 5.41) is 0. The lowest BCUT2D eigenvalue weighted by Crippen LogP contribution is -2.35. The minimum atomic E-state index is 0.297. The van der Waals surface area contributed by atoms with E-state index in [0.29, 0.717) is 24.3 Å². The van der Waals surface area contributed by atoms with Crippen LogP contribution >= 0.6 is 0 Å². The summed E-state index contributed by atoms with van der Waals surface area (Å²) in [6, 6.07) is 0. The second kappa shape index (κ2) is 6.03. The van der Waals surface area contributed by atoms with Gasteiger partial charge in [0.15, 0.2) is 0 Å². The third kappa shape index (κ3) is 3.51. The van der Waals surface area contributed by atoms with E-state index in [9.17, 15) is 4.79 Å². The van der Waals surface area contributed by atoms with Crippen molar-refractivity contribution in [2.75, 3.05) is 19.8 Å². The summed E-state index contributed by atoms with van der Waals surface area (Å²) >= 11 is 0. The van der Waals surface area contributed by atoms with Crippen LogP contribution in [0.2, 0.25) is 0 Å². The van der Waals surface area contributed by atoms with Gasteiger partial charge in [-0.2, -0.15) is 0 Å². The Kier molecular flexibility index (Phi) is 3.90. The first-order chi connectivity index (χ1) is 10.8. The Bertz CT molecular complexity index is 534. The summed E-state index contributed by atoms with van der Waals surface area (Å²) < 4.78 is 8.08. The topological polar surface area (TPSA) is 47.4 Å². The van der Waals surface area contributed by atoms with Crippen molar-refractivity contribution in [3.63, 3.8) is 0 Å². The van der Waals surface area contributed by atoms with E-state index in [2.05, 4.69) is 9.55 Å². The SMILES string of the molecule is O=C(CC1CC1)N1Cc2nccn2CC(COCC2CC2)C1. The van der Waals surface area contributed by atoms with Gasteiger partial charge >= 0.3 is 0 Å². The zero-order valence-corrected chi connectivity index (χ0v) is 13.1. The molecule has 120 valence electrons. The number of ether oxygens (including phenoxy) is 1. The summed E-state index contributed by atoms with van der Waals surface area (Å²) in [4.78, 5) is 19.0. The van der Waals surface area contributed by atoms with E-state index in [0.717, 1.165) is 44.5 Å². The van der Waals surface area contributed by atoms with Crippen molar-refractivity contribution in [3.8, 4) is 0 Å². The van der Waals surface area contributed by atoms with Gasteiger partial charge in [-0.25, -0.2) is 4.98 Å². The molecule has 2 saturated carbocycles. The molecule has 0 bridgehead atoms. The standard InChI is InChI=1S/C17H25N3O2/c21-17(7-13-1-2-13)20-9-15(12-22-11-14-3-4-14)8-19-6-5-18-16(19)10-20/h5-6,13-15H,1-4,7-12H2. The average molecular weight is 303 g/mol. The highest BCUT2D eigenvalue weighted by Crippen LogP contribution is 2.33. The van der Waals surface area contributed by atoms with Crippen LogP contribution in [0.3, 0.4) is 0 Å². The fourth-order valence-electron chi connectivity index (χ4n) is 3.22. The van der Waals surface area contributed by atoms with E-state index in [1.165, 1.54) is 25.7 Å². The molecule has 1 atom stereocenters. The number of hydrogen-bond donors (Lipinski definition) is 0. The molecule has 1 aromatic rings. The first-order valence-electron chi connectivity index (χ1n) is 8.63. The van der Waals surface area contributed by atoms with Gasteiger partial charge in [0.2, 0.25) is 5.91 Å². The van der Waals surface area contributed by atoms with Gasteiger partial charge in [-0.3, -0.25) is 4.79 Å². The van der Waals surface area contributed by atoms with Crippen LogP contribution < -0.4 is 0 Å².